The highest BCUT2D eigenvalue weighted by Crippen LogP contribution is 2.33. The van der Waals surface area contributed by atoms with Gasteiger partial charge in [0.05, 0.1) is 31.1 Å². The number of nitrogens with one attached hydrogen (secondary N) is 1. The Morgan fingerprint density at radius 1 is 0.786 bits per heavy atom. The predicted octanol–water partition coefficient (Wildman–Crippen LogP) is 7.03. The molecule has 0 spiro atoms. The number of alkyl halides is 3. The van der Waals surface area contributed by atoms with Crippen LogP contribution in [-0.2, 0) is 19.4 Å². The number of hydrazone groups is 1. The third-order valence-electron chi connectivity index (χ3n) is 5.98. The van der Waals surface area contributed by atoms with Gasteiger partial charge in [-0.05, 0) is 66.1 Å². The summed E-state index contributed by atoms with van der Waals surface area (Å²) in [7, 11) is 1.57. The van der Waals surface area contributed by atoms with Crippen LogP contribution in [0.2, 0.25) is 0 Å². The molecule has 0 aliphatic carbocycles. The van der Waals surface area contributed by atoms with E-state index in [4.69, 9.17) is 18.9 Å². The van der Waals surface area contributed by atoms with Gasteiger partial charge >= 0.3 is 6.18 Å². The lowest BCUT2D eigenvalue weighted by molar-refractivity contribution is -0.137. The second kappa shape index (κ2) is 14.1. The van der Waals surface area contributed by atoms with Gasteiger partial charge in [0.1, 0.15) is 13.2 Å². The molecule has 1 amide bonds. The first-order chi connectivity index (χ1) is 20.3. The molecule has 0 radical (unpaired) electrons. The van der Waals surface area contributed by atoms with Gasteiger partial charge in [0.25, 0.3) is 5.91 Å². The maximum Gasteiger partial charge on any atom is 0.417 e. The number of hydrogen-bond donors (Lipinski definition) is 1. The van der Waals surface area contributed by atoms with Crippen molar-refractivity contribution in [2.45, 2.75) is 26.3 Å². The van der Waals surface area contributed by atoms with Gasteiger partial charge in [-0.25, -0.2) is 5.43 Å². The minimum atomic E-state index is -4.66. The molecule has 0 bridgehead atoms. The molecule has 7 nitrogen and oxygen atoms in total. The number of amides is 1. The fraction of sp³-hybridized carbons (Fsp3) is 0.188. The molecule has 1 N–H and O–H groups in total. The summed E-state index contributed by atoms with van der Waals surface area (Å²) in [5.41, 5.74) is 3.01. The summed E-state index contributed by atoms with van der Waals surface area (Å²) in [6, 6.07) is 24.9. The van der Waals surface area contributed by atoms with Crippen LogP contribution in [0.5, 0.6) is 23.0 Å². The van der Waals surface area contributed by atoms with Crippen molar-refractivity contribution in [3.05, 3.63) is 119 Å². The summed E-state index contributed by atoms with van der Waals surface area (Å²) in [5, 5.41) is 3.81. The molecule has 218 valence electrons. The summed E-state index contributed by atoms with van der Waals surface area (Å²) in [5.74, 6) is 1.11. The van der Waals surface area contributed by atoms with Gasteiger partial charge in [-0.15, -0.1) is 0 Å². The summed E-state index contributed by atoms with van der Waals surface area (Å²) in [4.78, 5) is 12.3. The molecule has 0 fully saturated rings. The zero-order valence-electron chi connectivity index (χ0n) is 23.0. The minimum absolute atomic E-state index is 0.220. The summed E-state index contributed by atoms with van der Waals surface area (Å²) < 4.78 is 62.8. The van der Waals surface area contributed by atoms with Crippen LogP contribution in [0.4, 0.5) is 13.2 Å². The number of methoxy groups -OCH3 is 1. The Hall–Kier alpha value is -4.99. The number of ether oxygens (including phenoxy) is 4. The Labute approximate surface area is 241 Å². The normalized spacial score (nSPS) is 11.3. The van der Waals surface area contributed by atoms with Crippen molar-refractivity contribution in [1.29, 1.82) is 0 Å². The first-order valence-electron chi connectivity index (χ1n) is 13.0. The van der Waals surface area contributed by atoms with Gasteiger partial charge in [0, 0.05) is 0 Å². The van der Waals surface area contributed by atoms with Gasteiger partial charge in [0.2, 0.25) is 0 Å². The zero-order chi connectivity index (χ0) is 30.0. The maximum atomic E-state index is 13.2. The molecule has 0 aromatic heterocycles. The number of carbonyl (C=O) groups is 1. The average molecular weight is 579 g/mol. The zero-order valence-corrected chi connectivity index (χ0v) is 23.0. The largest absolute Gasteiger partial charge is 0.493 e. The third kappa shape index (κ3) is 8.03. The molecule has 0 saturated heterocycles. The Balaban J connectivity index is 1.40. The second-order valence-electron chi connectivity index (χ2n) is 8.93. The van der Waals surface area contributed by atoms with Crippen LogP contribution >= 0.6 is 0 Å². The van der Waals surface area contributed by atoms with Crippen LogP contribution in [0.1, 0.15) is 39.5 Å². The van der Waals surface area contributed by atoms with Gasteiger partial charge in [0.15, 0.2) is 23.0 Å². The van der Waals surface area contributed by atoms with Crippen LogP contribution < -0.4 is 24.4 Å². The van der Waals surface area contributed by atoms with Crippen molar-refractivity contribution in [3.8, 4) is 23.0 Å². The first kappa shape index (κ1) is 30.0. The molecule has 42 heavy (non-hydrogen) atoms. The summed E-state index contributed by atoms with van der Waals surface area (Å²) >= 11 is 0. The van der Waals surface area contributed by atoms with E-state index < -0.39 is 23.2 Å². The van der Waals surface area contributed by atoms with E-state index in [0.29, 0.717) is 41.8 Å². The molecule has 0 saturated carbocycles. The highest BCUT2D eigenvalue weighted by molar-refractivity contribution is 5.96. The molecule has 10 heteroatoms. The maximum absolute atomic E-state index is 13.2. The van der Waals surface area contributed by atoms with Crippen molar-refractivity contribution in [1.82, 2.24) is 5.43 Å². The fourth-order valence-corrected chi connectivity index (χ4v) is 3.96. The fourth-order valence-electron chi connectivity index (χ4n) is 3.96. The highest BCUT2D eigenvalue weighted by atomic mass is 19.4. The standard InChI is InChI=1S/C32H29F3N2O5/c1-3-40-30-17-23(19-36-37-31(38)25-11-7-8-12-26(25)32(33,34)35)13-15-28(30)42-21-24-14-16-27(29(18-24)39-2)41-20-22-9-5-4-6-10-22/h4-19H,3,20-21H2,1-2H3,(H,37,38)/b36-19+. The molecule has 0 aliphatic rings. The number of halogens is 3. The average Bonchev–Trinajstić information content (AvgIpc) is 3.00. The van der Waals surface area contributed by atoms with Gasteiger partial charge in [-0.1, -0.05) is 48.5 Å². The van der Waals surface area contributed by atoms with Crippen molar-refractivity contribution in [3.63, 3.8) is 0 Å². The van der Waals surface area contributed by atoms with E-state index in [0.717, 1.165) is 23.3 Å². The van der Waals surface area contributed by atoms with Crippen LogP contribution in [0.25, 0.3) is 0 Å². The van der Waals surface area contributed by atoms with Crippen molar-refractivity contribution in [2.75, 3.05) is 13.7 Å². The topological polar surface area (TPSA) is 78.4 Å². The van der Waals surface area contributed by atoms with E-state index in [2.05, 4.69) is 10.5 Å². The molecular formula is C32H29F3N2O5. The molecule has 4 rings (SSSR count). The molecule has 4 aromatic rings. The lowest BCUT2D eigenvalue weighted by Crippen LogP contribution is -2.22. The molecule has 0 aliphatic heterocycles. The van der Waals surface area contributed by atoms with Crippen molar-refractivity contribution >= 4 is 12.1 Å². The van der Waals surface area contributed by atoms with E-state index in [9.17, 15) is 18.0 Å². The Morgan fingerprint density at radius 3 is 2.17 bits per heavy atom. The lowest BCUT2D eigenvalue weighted by atomic mass is 10.1. The minimum Gasteiger partial charge on any atom is -0.493 e. The predicted molar refractivity (Wildman–Crippen MR) is 152 cm³/mol. The monoisotopic (exact) mass is 578 g/mol. The van der Waals surface area contributed by atoms with Crippen LogP contribution in [0.15, 0.2) is 96.1 Å². The lowest BCUT2D eigenvalue weighted by Gasteiger charge is -2.15. The van der Waals surface area contributed by atoms with Crippen molar-refractivity contribution in [2.24, 2.45) is 5.10 Å². The summed E-state index contributed by atoms with van der Waals surface area (Å²) in [6.07, 6.45) is -3.36. The Bertz CT molecular complexity index is 1520. The van der Waals surface area contributed by atoms with E-state index in [1.54, 1.807) is 25.3 Å². The van der Waals surface area contributed by atoms with Crippen LogP contribution in [0, 0.1) is 0 Å². The molecule has 0 atom stereocenters. The van der Waals surface area contributed by atoms with Gasteiger partial charge in [-0.2, -0.15) is 18.3 Å². The SMILES string of the molecule is CCOc1cc(/C=N/NC(=O)c2ccccc2C(F)(F)F)ccc1OCc1ccc(OCc2ccccc2)c(OC)c1. The number of carbonyl (C=O) groups excluding carboxylic acids is 1. The first-order valence-corrected chi connectivity index (χ1v) is 13.0. The van der Waals surface area contributed by atoms with Crippen LogP contribution in [-0.4, -0.2) is 25.8 Å². The number of rotatable bonds is 12. The molecule has 0 heterocycles. The van der Waals surface area contributed by atoms with E-state index in [-0.39, 0.29) is 6.61 Å². The number of nitrogens with zero attached hydrogens (tertiary/aromatic N) is 1. The Kier molecular flexibility index (Phi) is 10.0. The van der Waals surface area contributed by atoms with E-state index in [1.165, 1.54) is 18.3 Å². The molecular weight excluding hydrogens is 549 g/mol. The summed E-state index contributed by atoms with van der Waals surface area (Å²) in [6.45, 7) is 2.81. The van der Waals surface area contributed by atoms with Crippen LogP contribution in [0.3, 0.4) is 0 Å². The second-order valence-corrected chi connectivity index (χ2v) is 8.93. The van der Waals surface area contributed by atoms with E-state index in [1.807, 2.05) is 55.5 Å². The van der Waals surface area contributed by atoms with Crippen molar-refractivity contribution < 1.29 is 36.9 Å². The Morgan fingerprint density at radius 2 is 1.45 bits per heavy atom. The highest BCUT2D eigenvalue weighted by Gasteiger charge is 2.34. The number of benzene rings is 4. The van der Waals surface area contributed by atoms with E-state index >= 15 is 0 Å². The third-order valence-corrected chi connectivity index (χ3v) is 5.98. The molecule has 0 unspecified atom stereocenters. The quantitative estimate of drug-likeness (QED) is 0.144. The van der Waals surface area contributed by atoms with Gasteiger partial charge in [-0.3, -0.25) is 4.79 Å². The number of hydrogen-bond acceptors (Lipinski definition) is 6. The molecule has 4 aromatic carbocycles. The van der Waals surface area contributed by atoms with Gasteiger partial charge < -0.3 is 18.9 Å². The smallest absolute Gasteiger partial charge is 0.417 e.